The lowest BCUT2D eigenvalue weighted by atomic mass is 10.0. The molecule has 2 atom stereocenters. The Hall–Kier alpha value is -0.980. The van der Waals surface area contributed by atoms with Crippen LogP contribution in [0.2, 0.25) is 0 Å². The fraction of sp³-hybridized carbons (Fsp3) is 0.500. The molecule has 0 spiro atoms. The second-order valence-electron chi connectivity index (χ2n) is 4.36. The number of benzene rings is 1. The number of hydrogen-bond donors (Lipinski definition) is 2. The van der Waals surface area contributed by atoms with E-state index in [-0.39, 0.29) is 24.3 Å². The predicted molar refractivity (Wildman–Crippen MR) is 73.3 cm³/mol. The lowest BCUT2D eigenvalue weighted by molar-refractivity contribution is -0.384. The third-order valence-corrected chi connectivity index (χ3v) is 3.74. The lowest BCUT2D eigenvalue weighted by Crippen LogP contribution is -2.33. The van der Waals surface area contributed by atoms with Crippen LogP contribution in [0, 0.1) is 16.0 Å². The minimum Gasteiger partial charge on any atom is -0.396 e. The van der Waals surface area contributed by atoms with Gasteiger partial charge in [-0.3, -0.25) is 10.1 Å². The maximum Gasteiger partial charge on any atom is 0.270 e. The third kappa shape index (κ3) is 4.04. The molecule has 6 heteroatoms. The normalized spacial score (nSPS) is 14.2. The fourth-order valence-electron chi connectivity index (χ4n) is 1.42. The molecule has 0 aliphatic heterocycles. The van der Waals surface area contributed by atoms with Gasteiger partial charge in [0.25, 0.3) is 5.69 Å². The molecule has 0 radical (unpaired) electrons. The standard InChI is InChI=1S/C12H17BrN2O3/c1-8(7-16)9(2)14-6-10-3-4-11(15(17)18)5-12(10)13/h3-5,8-9,14,16H,6-7H2,1-2H3. The van der Waals surface area contributed by atoms with Gasteiger partial charge in [0.15, 0.2) is 0 Å². The van der Waals surface area contributed by atoms with Gasteiger partial charge in [-0.05, 0) is 24.5 Å². The number of non-ortho nitro benzene ring substituents is 1. The molecule has 0 fully saturated rings. The van der Waals surface area contributed by atoms with Crippen molar-refractivity contribution in [3.63, 3.8) is 0 Å². The number of aliphatic hydroxyl groups excluding tert-OH is 1. The highest BCUT2D eigenvalue weighted by molar-refractivity contribution is 9.10. The van der Waals surface area contributed by atoms with Crippen LogP contribution >= 0.6 is 15.9 Å². The lowest BCUT2D eigenvalue weighted by Gasteiger charge is -2.19. The first-order chi connectivity index (χ1) is 8.45. The van der Waals surface area contributed by atoms with Crippen LogP contribution in [-0.2, 0) is 6.54 Å². The van der Waals surface area contributed by atoms with Crippen molar-refractivity contribution in [2.75, 3.05) is 6.61 Å². The first-order valence-corrected chi connectivity index (χ1v) is 6.52. The molecular formula is C12H17BrN2O3. The van der Waals surface area contributed by atoms with Crippen molar-refractivity contribution in [3.05, 3.63) is 38.3 Å². The number of nitro benzene ring substituents is 1. The topological polar surface area (TPSA) is 75.4 Å². The number of nitrogens with one attached hydrogen (secondary N) is 1. The second-order valence-corrected chi connectivity index (χ2v) is 5.22. The summed E-state index contributed by atoms with van der Waals surface area (Å²) in [5, 5.41) is 22.9. The summed E-state index contributed by atoms with van der Waals surface area (Å²) in [6, 6.07) is 4.89. The largest absolute Gasteiger partial charge is 0.396 e. The molecule has 5 nitrogen and oxygen atoms in total. The van der Waals surface area contributed by atoms with E-state index in [4.69, 9.17) is 5.11 Å². The molecule has 100 valence electrons. The Balaban J connectivity index is 2.66. The maximum absolute atomic E-state index is 10.6. The SMILES string of the molecule is CC(CO)C(C)NCc1ccc([N+](=O)[O-])cc1Br. The first-order valence-electron chi connectivity index (χ1n) is 5.72. The van der Waals surface area contributed by atoms with Gasteiger partial charge in [-0.25, -0.2) is 0 Å². The number of nitrogens with zero attached hydrogens (tertiary/aromatic N) is 1. The highest BCUT2D eigenvalue weighted by Crippen LogP contribution is 2.23. The van der Waals surface area contributed by atoms with Gasteiger partial charge >= 0.3 is 0 Å². The van der Waals surface area contributed by atoms with Crippen molar-refractivity contribution < 1.29 is 10.0 Å². The van der Waals surface area contributed by atoms with Crippen molar-refractivity contribution in [1.82, 2.24) is 5.32 Å². The van der Waals surface area contributed by atoms with Gasteiger partial charge in [0.1, 0.15) is 0 Å². The molecule has 0 heterocycles. The molecular weight excluding hydrogens is 300 g/mol. The van der Waals surface area contributed by atoms with E-state index in [1.54, 1.807) is 6.07 Å². The van der Waals surface area contributed by atoms with Crippen molar-refractivity contribution in [2.45, 2.75) is 26.4 Å². The Morgan fingerprint density at radius 2 is 2.17 bits per heavy atom. The van der Waals surface area contributed by atoms with Crippen LogP contribution in [0.15, 0.2) is 22.7 Å². The van der Waals surface area contributed by atoms with Crippen molar-refractivity contribution in [1.29, 1.82) is 0 Å². The van der Waals surface area contributed by atoms with Crippen molar-refractivity contribution in [2.24, 2.45) is 5.92 Å². The molecule has 1 aromatic rings. The van der Waals surface area contributed by atoms with Crippen LogP contribution in [0.3, 0.4) is 0 Å². The van der Waals surface area contributed by atoms with E-state index in [1.165, 1.54) is 12.1 Å². The quantitative estimate of drug-likeness (QED) is 0.624. The zero-order chi connectivity index (χ0) is 13.7. The summed E-state index contributed by atoms with van der Waals surface area (Å²) in [7, 11) is 0. The number of rotatable bonds is 6. The molecule has 2 N–H and O–H groups in total. The molecule has 0 bridgehead atoms. The summed E-state index contributed by atoms with van der Waals surface area (Å²) < 4.78 is 0.716. The van der Waals surface area contributed by atoms with E-state index in [0.29, 0.717) is 11.0 Å². The molecule has 0 aliphatic carbocycles. The van der Waals surface area contributed by atoms with Gasteiger partial charge in [-0.15, -0.1) is 0 Å². The van der Waals surface area contributed by atoms with Crippen LogP contribution in [0.4, 0.5) is 5.69 Å². The molecule has 0 saturated carbocycles. The van der Waals surface area contributed by atoms with Crippen LogP contribution in [0.1, 0.15) is 19.4 Å². The maximum atomic E-state index is 10.6. The van der Waals surface area contributed by atoms with E-state index in [9.17, 15) is 10.1 Å². The summed E-state index contributed by atoms with van der Waals surface area (Å²) in [4.78, 5) is 10.2. The third-order valence-electron chi connectivity index (χ3n) is 3.00. The monoisotopic (exact) mass is 316 g/mol. The number of nitro groups is 1. The van der Waals surface area contributed by atoms with E-state index in [1.807, 2.05) is 13.8 Å². The second kappa shape index (κ2) is 6.82. The minimum atomic E-state index is -0.418. The minimum absolute atomic E-state index is 0.0717. The predicted octanol–water partition coefficient (Wildman–Crippen LogP) is 2.46. The zero-order valence-electron chi connectivity index (χ0n) is 10.4. The van der Waals surface area contributed by atoms with Crippen LogP contribution in [0.5, 0.6) is 0 Å². The van der Waals surface area contributed by atoms with Crippen molar-refractivity contribution >= 4 is 21.6 Å². The molecule has 2 unspecified atom stereocenters. The summed E-state index contributed by atoms with van der Waals surface area (Å²) in [5.74, 6) is 0.168. The Morgan fingerprint density at radius 1 is 1.50 bits per heavy atom. The highest BCUT2D eigenvalue weighted by Gasteiger charge is 2.12. The Morgan fingerprint density at radius 3 is 2.67 bits per heavy atom. The fourth-order valence-corrected chi connectivity index (χ4v) is 1.93. The van der Waals surface area contributed by atoms with Gasteiger partial charge in [0.2, 0.25) is 0 Å². The van der Waals surface area contributed by atoms with Crippen LogP contribution in [-0.4, -0.2) is 22.7 Å². The zero-order valence-corrected chi connectivity index (χ0v) is 12.0. The Kier molecular flexibility index (Phi) is 5.71. The summed E-state index contributed by atoms with van der Waals surface area (Å²) in [6.07, 6.45) is 0. The molecule has 0 saturated heterocycles. The molecule has 0 aromatic heterocycles. The summed E-state index contributed by atoms with van der Waals surface area (Å²) >= 11 is 3.33. The van der Waals surface area contributed by atoms with E-state index in [2.05, 4.69) is 21.2 Å². The average Bonchev–Trinajstić information content (AvgIpc) is 2.35. The molecule has 1 rings (SSSR count). The highest BCUT2D eigenvalue weighted by atomic mass is 79.9. The number of hydrogen-bond acceptors (Lipinski definition) is 4. The molecule has 0 amide bonds. The van der Waals surface area contributed by atoms with Gasteiger partial charge in [-0.2, -0.15) is 0 Å². The van der Waals surface area contributed by atoms with Crippen LogP contribution < -0.4 is 5.32 Å². The number of aliphatic hydroxyl groups is 1. The summed E-state index contributed by atoms with van der Waals surface area (Å²) in [6.45, 7) is 4.70. The summed E-state index contributed by atoms with van der Waals surface area (Å²) in [5.41, 5.74) is 1.03. The molecule has 1 aromatic carbocycles. The van der Waals surface area contributed by atoms with E-state index in [0.717, 1.165) is 5.56 Å². The van der Waals surface area contributed by atoms with Gasteiger partial charge in [-0.1, -0.05) is 22.9 Å². The van der Waals surface area contributed by atoms with Crippen LogP contribution in [0.25, 0.3) is 0 Å². The Bertz CT molecular complexity index is 426. The molecule has 18 heavy (non-hydrogen) atoms. The van der Waals surface area contributed by atoms with Crippen molar-refractivity contribution in [3.8, 4) is 0 Å². The van der Waals surface area contributed by atoms with Gasteiger partial charge in [0.05, 0.1) is 4.92 Å². The smallest absolute Gasteiger partial charge is 0.270 e. The first kappa shape index (κ1) is 15.1. The number of halogens is 1. The average molecular weight is 317 g/mol. The van der Waals surface area contributed by atoms with E-state index >= 15 is 0 Å². The van der Waals surface area contributed by atoms with E-state index < -0.39 is 4.92 Å². The Labute approximate surface area is 114 Å². The van der Waals surface area contributed by atoms with Gasteiger partial charge in [0, 0.05) is 35.8 Å². The molecule has 0 aliphatic rings. The van der Waals surface area contributed by atoms with Gasteiger partial charge < -0.3 is 10.4 Å².